The average Bonchev–Trinajstić information content (AvgIpc) is 2.11. The maximum atomic E-state index is 11.2. The lowest BCUT2D eigenvalue weighted by Gasteiger charge is -2.24. The van der Waals surface area contributed by atoms with Crippen LogP contribution >= 0.6 is 0 Å². The van der Waals surface area contributed by atoms with Gasteiger partial charge in [0.05, 0.1) is 0 Å². The van der Waals surface area contributed by atoms with E-state index in [4.69, 9.17) is 0 Å². The van der Waals surface area contributed by atoms with Gasteiger partial charge in [-0.1, -0.05) is 19.8 Å². The fraction of sp³-hybridized carbons (Fsp3) is 0.818. The van der Waals surface area contributed by atoms with Crippen LogP contribution < -0.4 is 0 Å². The van der Waals surface area contributed by atoms with Crippen molar-refractivity contribution in [1.29, 1.82) is 0 Å². The Kier molecular flexibility index (Phi) is 5.62. The zero-order valence-electron chi connectivity index (χ0n) is 9.30. The van der Waals surface area contributed by atoms with Gasteiger partial charge in [0.1, 0.15) is 11.4 Å². The molecule has 0 spiro atoms. The lowest BCUT2D eigenvalue weighted by Crippen LogP contribution is -2.37. The molecule has 3 nitrogen and oxygen atoms in total. The summed E-state index contributed by atoms with van der Waals surface area (Å²) in [5, 5.41) is 9.97. The molecular weight excluding hydrogens is 180 g/mol. The van der Waals surface area contributed by atoms with Crippen LogP contribution in [0.25, 0.3) is 0 Å². The summed E-state index contributed by atoms with van der Waals surface area (Å²) in [6.45, 7) is 4.86. The molecule has 14 heavy (non-hydrogen) atoms. The number of hydrogen-bond donors (Lipinski definition) is 1. The van der Waals surface area contributed by atoms with Gasteiger partial charge in [-0.3, -0.25) is 4.79 Å². The summed E-state index contributed by atoms with van der Waals surface area (Å²) < 4.78 is 0. The predicted octanol–water partition coefficient (Wildman–Crippen LogP) is 1.87. The number of aliphatic hydroxyl groups is 1. The molecule has 0 aromatic carbocycles. The smallest absolute Gasteiger partial charge is 0.161 e. The fourth-order valence-corrected chi connectivity index (χ4v) is 1.33. The molecule has 0 heterocycles. The Bertz CT molecular complexity index is 211. The number of carbonyl (C=O) groups is 2. The quantitative estimate of drug-likeness (QED) is 0.682. The lowest BCUT2D eigenvalue weighted by molar-refractivity contribution is -0.137. The highest BCUT2D eigenvalue weighted by atomic mass is 16.3. The topological polar surface area (TPSA) is 54.4 Å². The van der Waals surface area contributed by atoms with Crippen LogP contribution in [0.15, 0.2) is 0 Å². The van der Waals surface area contributed by atoms with Crippen LogP contribution in [0.1, 0.15) is 52.9 Å². The van der Waals surface area contributed by atoms with E-state index < -0.39 is 5.60 Å². The van der Waals surface area contributed by atoms with Crippen molar-refractivity contribution in [2.75, 3.05) is 0 Å². The molecule has 0 aliphatic rings. The molecule has 0 amide bonds. The van der Waals surface area contributed by atoms with E-state index in [1.54, 1.807) is 0 Å². The molecule has 82 valence electrons. The maximum Gasteiger partial charge on any atom is 0.161 e. The standard InChI is InChI=1S/C11H20O3/c1-4-5-7-11(14,10(3)13)8-6-9(2)12/h14H,4-8H2,1-3H3. The summed E-state index contributed by atoms with van der Waals surface area (Å²) in [5.41, 5.74) is -1.28. The number of Topliss-reactive ketones (excluding diaryl/α,β-unsaturated/α-hetero) is 2. The Labute approximate surface area is 85.5 Å². The van der Waals surface area contributed by atoms with Gasteiger partial charge >= 0.3 is 0 Å². The molecule has 0 saturated heterocycles. The first-order valence-electron chi connectivity index (χ1n) is 5.15. The fourth-order valence-electron chi connectivity index (χ4n) is 1.33. The second-order valence-corrected chi connectivity index (χ2v) is 3.89. The van der Waals surface area contributed by atoms with E-state index in [2.05, 4.69) is 0 Å². The number of ketones is 2. The summed E-state index contributed by atoms with van der Waals surface area (Å²) in [6.07, 6.45) is 2.76. The van der Waals surface area contributed by atoms with Gasteiger partial charge in [-0.2, -0.15) is 0 Å². The van der Waals surface area contributed by atoms with Gasteiger partial charge in [0.25, 0.3) is 0 Å². The molecule has 0 radical (unpaired) electrons. The van der Waals surface area contributed by atoms with Crippen LogP contribution in [0.2, 0.25) is 0 Å². The molecule has 1 unspecified atom stereocenters. The van der Waals surface area contributed by atoms with Gasteiger partial charge in [-0.25, -0.2) is 0 Å². The SMILES string of the molecule is CCCCC(O)(CCC(C)=O)C(C)=O. The summed E-state index contributed by atoms with van der Waals surface area (Å²) in [4.78, 5) is 22.0. The maximum absolute atomic E-state index is 11.2. The monoisotopic (exact) mass is 200 g/mol. The first-order chi connectivity index (χ1) is 6.42. The predicted molar refractivity (Wildman–Crippen MR) is 55.1 cm³/mol. The molecule has 0 aliphatic heterocycles. The van der Waals surface area contributed by atoms with Gasteiger partial charge in [0.2, 0.25) is 0 Å². The molecule has 0 aliphatic carbocycles. The van der Waals surface area contributed by atoms with Crippen molar-refractivity contribution in [3.05, 3.63) is 0 Å². The Morgan fingerprint density at radius 1 is 1.21 bits per heavy atom. The Morgan fingerprint density at radius 2 is 1.79 bits per heavy atom. The number of carbonyl (C=O) groups excluding carboxylic acids is 2. The van der Waals surface area contributed by atoms with Gasteiger partial charge in [0, 0.05) is 6.42 Å². The van der Waals surface area contributed by atoms with Crippen molar-refractivity contribution >= 4 is 11.6 Å². The third kappa shape index (κ3) is 4.51. The second-order valence-electron chi connectivity index (χ2n) is 3.89. The van der Waals surface area contributed by atoms with E-state index in [1.165, 1.54) is 13.8 Å². The molecule has 3 heteroatoms. The van der Waals surface area contributed by atoms with Gasteiger partial charge in [-0.05, 0) is 26.7 Å². The van der Waals surface area contributed by atoms with Crippen LogP contribution in [0, 0.1) is 0 Å². The molecule has 0 fully saturated rings. The van der Waals surface area contributed by atoms with E-state index in [1.807, 2.05) is 6.92 Å². The molecule has 0 saturated carbocycles. The van der Waals surface area contributed by atoms with Crippen LogP contribution in [0.3, 0.4) is 0 Å². The van der Waals surface area contributed by atoms with Gasteiger partial charge in [0.15, 0.2) is 5.78 Å². The number of rotatable bonds is 7. The molecule has 0 rings (SSSR count). The van der Waals surface area contributed by atoms with Crippen molar-refractivity contribution < 1.29 is 14.7 Å². The lowest BCUT2D eigenvalue weighted by atomic mass is 9.87. The van der Waals surface area contributed by atoms with Crippen molar-refractivity contribution in [2.24, 2.45) is 0 Å². The largest absolute Gasteiger partial charge is 0.382 e. The van der Waals surface area contributed by atoms with E-state index in [9.17, 15) is 14.7 Å². The second kappa shape index (κ2) is 5.91. The minimum Gasteiger partial charge on any atom is -0.382 e. The molecule has 1 atom stereocenters. The summed E-state index contributed by atoms with van der Waals surface area (Å²) in [7, 11) is 0. The summed E-state index contributed by atoms with van der Waals surface area (Å²) in [6, 6.07) is 0. The molecule has 0 bridgehead atoms. The average molecular weight is 200 g/mol. The van der Waals surface area contributed by atoms with E-state index in [-0.39, 0.29) is 24.4 Å². The van der Waals surface area contributed by atoms with Crippen LogP contribution in [0.4, 0.5) is 0 Å². The summed E-state index contributed by atoms with van der Waals surface area (Å²) in [5.74, 6) is -0.214. The first-order valence-corrected chi connectivity index (χ1v) is 5.15. The minimum absolute atomic E-state index is 0.0150. The van der Waals surface area contributed by atoms with Gasteiger partial charge in [-0.15, -0.1) is 0 Å². The van der Waals surface area contributed by atoms with E-state index in [0.29, 0.717) is 6.42 Å². The highest BCUT2D eigenvalue weighted by Gasteiger charge is 2.31. The molecular formula is C11H20O3. The highest BCUT2D eigenvalue weighted by molar-refractivity contribution is 5.85. The normalized spacial score (nSPS) is 14.9. The highest BCUT2D eigenvalue weighted by Crippen LogP contribution is 2.21. The number of unbranched alkanes of at least 4 members (excludes halogenated alkanes) is 1. The molecule has 1 N–H and O–H groups in total. The van der Waals surface area contributed by atoms with E-state index >= 15 is 0 Å². The van der Waals surface area contributed by atoms with Crippen LogP contribution in [-0.2, 0) is 9.59 Å². The first kappa shape index (κ1) is 13.3. The van der Waals surface area contributed by atoms with Crippen LogP contribution in [-0.4, -0.2) is 22.3 Å². The van der Waals surface area contributed by atoms with Crippen molar-refractivity contribution in [3.63, 3.8) is 0 Å². The van der Waals surface area contributed by atoms with Gasteiger partial charge < -0.3 is 9.90 Å². The van der Waals surface area contributed by atoms with Crippen LogP contribution in [0.5, 0.6) is 0 Å². The minimum atomic E-state index is -1.28. The zero-order chi connectivity index (χ0) is 11.2. The Hall–Kier alpha value is -0.700. The van der Waals surface area contributed by atoms with Crippen molar-refractivity contribution in [1.82, 2.24) is 0 Å². The third-order valence-corrected chi connectivity index (χ3v) is 2.49. The number of hydrogen-bond acceptors (Lipinski definition) is 3. The molecule has 0 aromatic rings. The van der Waals surface area contributed by atoms with E-state index in [0.717, 1.165) is 12.8 Å². The zero-order valence-corrected chi connectivity index (χ0v) is 9.30. The van der Waals surface area contributed by atoms with Crippen molar-refractivity contribution in [3.8, 4) is 0 Å². The van der Waals surface area contributed by atoms with Crippen molar-refractivity contribution in [2.45, 2.75) is 58.5 Å². The summed E-state index contributed by atoms with van der Waals surface area (Å²) >= 11 is 0. The third-order valence-electron chi connectivity index (χ3n) is 2.49. The molecule has 0 aromatic heterocycles. The Balaban J connectivity index is 4.24. The Morgan fingerprint density at radius 3 is 2.14 bits per heavy atom.